The van der Waals surface area contributed by atoms with Gasteiger partial charge >= 0.3 is 0 Å². The van der Waals surface area contributed by atoms with Gasteiger partial charge in [-0.05, 0) is 6.92 Å². The van der Waals surface area contributed by atoms with E-state index in [0.29, 0.717) is 0 Å². The number of aliphatic hydroxyl groups excluding tert-OH is 4. The van der Waals surface area contributed by atoms with E-state index in [4.69, 9.17) is 10.8 Å². The molecule has 4 unspecified atom stereocenters. The maximum atomic E-state index is 12.2. The first-order valence-electron chi connectivity index (χ1n) is 9.64. The molecule has 0 aromatic carbocycles. The van der Waals surface area contributed by atoms with Gasteiger partial charge in [0.2, 0.25) is 29.5 Å². The number of ketones is 1. The number of Topliss-reactive ketones (excluding diaryl/α,β-unsaturated/α-hetero) is 1. The largest absolute Gasteiger partial charge is 0.394 e. The van der Waals surface area contributed by atoms with E-state index < -0.39 is 86.7 Å². The highest BCUT2D eigenvalue weighted by Crippen LogP contribution is 1.90. The first kappa shape index (κ1) is 29.8. The molecule has 188 valence electrons. The fourth-order valence-corrected chi connectivity index (χ4v) is 2.09. The molecule has 11 N–H and O–H groups in total. The van der Waals surface area contributed by atoms with Crippen LogP contribution in [-0.2, 0) is 28.8 Å². The number of carbonyl (C=O) groups is 6. The van der Waals surface area contributed by atoms with Crippen LogP contribution in [0.4, 0.5) is 0 Å². The molecule has 16 heteroatoms. The minimum atomic E-state index is -1.56. The number of hydrogen-bond donors (Lipinski definition) is 10. The van der Waals surface area contributed by atoms with E-state index in [9.17, 15) is 44.1 Å². The van der Waals surface area contributed by atoms with Crippen molar-refractivity contribution in [2.75, 3.05) is 39.5 Å². The monoisotopic (exact) mass is 478 g/mol. The molecule has 0 radical (unpaired) electrons. The number of amides is 5. The molecule has 0 bridgehead atoms. The van der Waals surface area contributed by atoms with Crippen molar-refractivity contribution in [3.8, 4) is 0 Å². The second-order valence-corrected chi connectivity index (χ2v) is 6.72. The van der Waals surface area contributed by atoms with E-state index in [1.54, 1.807) is 0 Å². The van der Waals surface area contributed by atoms with Crippen molar-refractivity contribution in [1.29, 1.82) is 0 Å². The number of nitrogens with two attached hydrogens (primary N) is 1. The summed E-state index contributed by atoms with van der Waals surface area (Å²) in [7, 11) is 0. The Morgan fingerprint density at radius 3 is 1.48 bits per heavy atom. The zero-order valence-corrected chi connectivity index (χ0v) is 17.9. The standard InChI is InChI=1S/C17H30N6O10/c1-8(28)2-19-15(31)11(6-26)23-17(33)12(7-27)21-13(29)3-20-16(32)10(5-25)22-14(30)9(18)4-24/h9-12,24-27H,2-7,18H2,1H3,(H,19,31)(H,20,32)(H,21,29)(H,22,30)(H,23,33). The minimum Gasteiger partial charge on any atom is -0.394 e. The van der Waals surface area contributed by atoms with Crippen molar-refractivity contribution in [2.24, 2.45) is 5.73 Å². The first-order valence-corrected chi connectivity index (χ1v) is 9.64. The summed E-state index contributed by atoms with van der Waals surface area (Å²) in [5.41, 5.74) is 5.28. The maximum absolute atomic E-state index is 12.2. The summed E-state index contributed by atoms with van der Waals surface area (Å²) in [6.45, 7) is -3.10. The quantitative estimate of drug-likeness (QED) is 0.106. The Kier molecular flexibility index (Phi) is 14.1. The highest BCUT2D eigenvalue weighted by atomic mass is 16.3. The third-order valence-corrected chi connectivity index (χ3v) is 3.93. The fraction of sp³-hybridized carbons (Fsp3) is 0.647. The predicted molar refractivity (Wildman–Crippen MR) is 109 cm³/mol. The van der Waals surface area contributed by atoms with Crippen molar-refractivity contribution < 1.29 is 49.2 Å². The lowest BCUT2D eigenvalue weighted by atomic mass is 10.2. The summed E-state index contributed by atoms with van der Waals surface area (Å²) in [6, 6.07) is -5.81. The van der Waals surface area contributed by atoms with E-state index in [0.717, 1.165) is 0 Å². The fourth-order valence-electron chi connectivity index (χ4n) is 2.09. The van der Waals surface area contributed by atoms with Crippen LogP contribution in [0.2, 0.25) is 0 Å². The smallest absolute Gasteiger partial charge is 0.245 e. The van der Waals surface area contributed by atoms with Gasteiger partial charge in [0.25, 0.3) is 0 Å². The van der Waals surface area contributed by atoms with Crippen LogP contribution in [-0.4, -0.2) is 119 Å². The van der Waals surface area contributed by atoms with Crippen LogP contribution >= 0.6 is 0 Å². The molecule has 0 fully saturated rings. The van der Waals surface area contributed by atoms with Crippen molar-refractivity contribution >= 4 is 35.3 Å². The van der Waals surface area contributed by atoms with E-state index >= 15 is 0 Å². The Morgan fingerprint density at radius 1 is 0.636 bits per heavy atom. The van der Waals surface area contributed by atoms with Gasteiger partial charge in [0.15, 0.2) is 0 Å². The van der Waals surface area contributed by atoms with Gasteiger partial charge in [-0.15, -0.1) is 0 Å². The number of rotatable bonds is 15. The molecule has 0 aliphatic rings. The number of nitrogens with one attached hydrogen (secondary N) is 5. The van der Waals surface area contributed by atoms with Crippen molar-refractivity contribution in [1.82, 2.24) is 26.6 Å². The second kappa shape index (κ2) is 15.6. The summed E-state index contributed by atoms with van der Waals surface area (Å²) in [4.78, 5) is 70.5. The van der Waals surface area contributed by atoms with Crippen LogP contribution < -0.4 is 32.3 Å². The van der Waals surface area contributed by atoms with E-state index in [-0.39, 0.29) is 12.3 Å². The zero-order valence-electron chi connectivity index (χ0n) is 17.9. The Balaban J connectivity index is 4.76. The summed E-state index contributed by atoms with van der Waals surface area (Å²) in [6.07, 6.45) is 0. The van der Waals surface area contributed by atoms with Crippen LogP contribution in [0.25, 0.3) is 0 Å². The first-order chi connectivity index (χ1) is 15.5. The lowest BCUT2D eigenvalue weighted by Crippen LogP contribution is -2.58. The van der Waals surface area contributed by atoms with Crippen molar-refractivity contribution in [2.45, 2.75) is 31.1 Å². The highest BCUT2D eigenvalue weighted by Gasteiger charge is 2.27. The summed E-state index contributed by atoms with van der Waals surface area (Å²) in [5, 5.41) is 47.1. The van der Waals surface area contributed by atoms with Gasteiger partial charge < -0.3 is 52.7 Å². The molecular formula is C17H30N6O10. The Bertz CT molecular complexity index is 718. The summed E-state index contributed by atoms with van der Waals surface area (Å²) < 4.78 is 0. The normalized spacial score (nSPS) is 14.1. The van der Waals surface area contributed by atoms with Gasteiger partial charge in [-0.3, -0.25) is 28.8 Å². The van der Waals surface area contributed by atoms with Crippen molar-refractivity contribution in [3.05, 3.63) is 0 Å². The second-order valence-electron chi connectivity index (χ2n) is 6.72. The Labute approximate surface area is 188 Å². The lowest BCUT2D eigenvalue weighted by Gasteiger charge is -2.21. The van der Waals surface area contributed by atoms with Gasteiger partial charge in [-0.2, -0.15) is 0 Å². The molecule has 0 aromatic heterocycles. The third-order valence-electron chi connectivity index (χ3n) is 3.93. The number of carbonyl (C=O) groups excluding carboxylic acids is 6. The molecule has 0 aromatic rings. The van der Waals surface area contributed by atoms with Crippen LogP contribution in [0.3, 0.4) is 0 Å². The lowest BCUT2D eigenvalue weighted by molar-refractivity contribution is -0.134. The molecule has 0 aliphatic carbocycles. The molecule has 0 heterocycles. The highest BCUT2D eigenvalue weighted by molar-refractivity contribution is 5.95. The van der Waals surface area contributed by atoms with Gasteiger partial charge in [-0.25, -0.2) is 0 Å². The van der Waals surface area contributed by atoms with Gasteiger partial charge in [-0.1, -0.05) is 0 Å². The molecule has 0 aliphatic heterocycles. The average molecular weight is 478 g/mol. The molecule has 0 rings (SSSR count). The molecule has 5 amide bonds. The van der Waals surface area contributed by atoms with Crippen LogP contribution in [0, 0.1) is 0 Å². The van der Waals surface area contributed by atoms with E-state index in [2.05, 4.69) is 26.6 Å². The molecule has 0 saturated heterocycles. The third kappa shape index (κ3) is 11.3. The van der Waals surface area contributed by atoms with Crippen LogP contribution in [0.15, 0.2) is 0 Å². The Hall–Kier alpha value is -3.18. The predicted octanol–water partition coefficient (Wildman–Crippen LogP) is -7.44. The molecular weight excluding hydrogens is 448 g/mol. The van der Waals surface area contributed by atoms with Crippen molar-refractivity contribution in [3.63, 3.8) is 0 Å². The van der Waals surface area contributed by atoms with E-state index in [1.165, 1.54) is 6.92 Å². The van der Waals surface area contributed by atoms with Gasteiger partial charge in [0.05, 0.1) is 39.5 Å². The van der Waals surface area contributed by atoms with Gasteiger partial charge in [0.1, 0.15) is 30.0 Å². The SMILES string of the molecule is CC(=O)CNC(=O)C(CO)NC(=O)C(CO)NC(=O)CNC(=O)C(CO)NC(=O)C(N)CO. The zero-order chi connectivity index (χ0) is 25.6. The van der Waals surface area contributed by atoms with E-state index in [1.807, 2.05) is 0 Å². The molecule has 16 nitrogen and oxygen atoms in total. The summed E-state index contributed by atoms with van der Waals surface area (Å²) >= 11 is 0. The topological polar surface area (TPSA) is 270 Å². The maximum Gasteiger partial charge on any atom is 0.245 e. The van der Waals surface area contributed by atoms with Crippen LogP contribution in [0.1, 0.15) is 6.92 Å². The molecule has 0 spiro atoms. The number of hydrogen-bond acceptors (Lipinski definition) is 11. The summed E-state index contributed by atoms with van der Waals surface area (Å²) in [5.74, 6) is -5.11. The molecule has 4 atom stereocenters. The molecule has 33 heavy (non-hydrogen) atoms. The van der Waals surface area contributed by atoms with Gasteiger partial charge in [0, 0.05) is 0 Å². The minimum absolute atomic E-state index is 0.327. The van der Waals surface area contributed by atoms with Crippen LogP contribution in [0.5, 0.6) is 0 Å². The number of aliphatic hydroxyl groups is 4. The Morgan fingerprint density at radius 2 is 1.06 bits per heavy atom. The average Bonchev–Trinajstić information content (AvgIpc) is 2.79. The molecule has 0 saturated carbocycles.